The van der Waals surface area contributed by atoms with Crippen LogP contribution in [0.2, 0.25) is 0 Å². The number of piperidine rings is 1. The Morgan fingerprint density at radius 1 is 1.15 bits per heavy atom. The Morgan fingerprint density at radius 3 is 2.48 bits per heavy atom. The fraction of sp³-hybridized carbons (Fsp3) is 0.448. The van der Waals surface area contributed by atoms with Crippen LogP contribution in [0, 0.1) is 22.9 Å². The number of methoxy groups -OCH3 is 1. The van der Waals surface area contributed by atoms with Crippen molar-refractivity contribution in [2.45, 2.75) is 44.8 Å². The average Bonchev–Trinajstić information content (AvgIpc) is 2.92. The van der Waals surface area contributed by atoms with Gasteiger partial charge >= 0.3 is 5.97 Å². The van der Waals surface area contributed by atoms with E-state index in [1.54, 1.807) is 18.2 Å². The molecule has 3 N–H and O–H groups in total. The summed E-state index contributed by atoms with van der Waals surface area (Å²) in [6.45, 7) is 1.10. The molecule has 1 aromatic heterocycles. The minimum Gasteiger partial charge on any atom is -0.497 e. The number of benzene rings is 2. The Kier molecular flexibility index (Phi) is 9.49. The van der Waals surface area contributed by atoms with Crippen molar-refractivity contribution in [3.63, 3.8) is 0 Å². The lowest BCUT2D eigenvalue weighted by atomic mass is 9.71. The second kappa shape index (κ2) is 12.8. The van der Waals surface area contributed by atoms with Gasteiger partial charge in [-0.25, -0.2) is 13.2 Å². The van der Waals surface area contributed by atoms with Crippen LogP contribution in [-0.2, 0) is 11.4 Å². The van der Waals surface area contributed by atoms with Crippen LogP contribution in [0.25, 0.3) is 10.9 Å². The third-order valence-electron chi connectivity index (χ3n) is 7.71. The van der Waals surface area contributed by atoms with Crippen molar-refractivity contribution in [3.8, 4) is 11.5 Å². The van der Waals surface area contributed by atoms with E-state index in [1.807, 2.05) is 4.90 Å². The highest BCUT2D eigenvalue weighted by molar-refractivity contribution is 5.85. The molecule has 0 amide bonds. The van der Waals surface area contributed by atoms with Gasteiger partial charge in [-0.15, -0.1) is 0 Å². The van der Waals surface area contributed by atoms with Crippen LogP contribution in [-0.4, -0.2) is 64.5 Å². The molecule has 1 fully saturated rings. The number of aliphatic carboxylic acids is 1. The first-order valence-corrected chi connectivity index (χ1v) is 13.1. The zero-order valence-corrected chi connectivity index (χ0v) is 22.2. The maximum Gasteiger partial charge on any atom is 0.303 e. The molecule has 2 heterocycles. The molecule has 11 heteroatoms. The molecule has 0 radical (unpaired) electrons. The normalized spacial score (nSPS) is 16.1. The minimum absolute atomic E-state index is 0.0212. The van der Waals surface area contributed by atoms with Crippen molar-refractivity contribution in [1.29, 1.82) is 0 Å². The molecule has 8 nitrogen and oxygen atoms in total. The van der Waals surface area contributed by atoms with Crippen molar-refractivity contribution in [2.24, 2.45) is 5.41 Å². The lowest BCUT2D eigenvalue weighted by Crippen LogP contribution is -2.42. The smallest absolute Gasteiger partial charge is 0.303 e. The van der Waals surface area contributed by atoms with Gasteiger partial charge in [-0.05, 0) is 68.0 Å². The predicted octanol–water partition coefficient (Wildman–Crippen LogP) is 4.60. The molecule has 1 aliphatic heterocycles. The van der Waals surface area contributed by atoms with Crippen LogP contribution < -0.4 is 9.47 Å². The monoisotopic (exact) mass is 562 g/mol. The number of hydrogen-bond donors (Lipinski definition) is 3. The maximum atomic E-state index is 13.8. The molecule has 2 aromatic carbocycles. The van der Waals surface area contributed by atoms with E-state index in [1.165, 1.54) is 13.3 Å². The quantitative estimate of drug-likeness (QED) is 0.294. The van der Waals surface area contributed by atoms with Crippen LogP contribution in [0.3, 0.4) is 0 Å². The standard InChI is InChI=1S/C29H33F3N2O6/c1-39-20-2-3-24-21(14-20)27(18(17-35)16-33-24)25(36)4-5-29(15-26(37)38)6-8-34(9-7-29)10-11-40-28-22(31)12-19(30)13-23(28)32/h2-3,12-14,16,25,35-36H,4-11,15,17H2,1H3,(H,37,38)/t25-/m0/s1. The number of hydrogen-bond acceptors (Lipinski definition) is 7. The number of carboxylic acid groups (broad SMARTS) is 1. The van der Waals surface area contributed by atoms with E-state index in [0.29, 0.717) is 78.8 Å². The lowest BCUT2D eigenvalue weighted by Gasteiger charge is -2.41. The first-order chi connectivity index (χ1) is 19.1. The highest BCUT2D eigenvalue weighted by Gasteiger charge is 2.37. The van der Waals surface area contributed by atoms with E-state index in [4.69, 9.17) is 9.47 Å². The summed E-state index contributed by atoms with van der Waals surface area (Å²) in [5, 5.41) is 31.5. The molecular formula is C29H33F3N2O6. The summed E-state index contributed by atoms with van der Waals surface area (Å²) in [5.41, 5.74) is 1.12. The molecule has 1 atom stereocenters. The number of aliphatic hydroxyl groups excluding tert-OH is 2. The van der Waals surface area contributed by atoms with Crippen molar-refractivity contribution < 1.29 is 42.8 Å². The number of carboxylic acids is 1. The summed E-state index contributed by atoms with van der Waals surface area (Å²) in [7, 11) is 1.54. The number of carbonyl (C=O) groups is 1. The maximum absolute atomic E-state index is 13.8. The minimum atomic E-state index is -1.11. The van der Waals surface area contributed by atoms with Gasteiger partial charge in [-0.2, -0.15) is 0 Å². The fourth-order valence-corrected chi connectivity index (χ4v) is 5.50. The molecule has 0 aliphatic carbocycles. The van der Waals surface area contributed by atoms with Gasteiger partial charge in [0.15, 0.2) is 17.4 Å². The molecule has 4 rings (SSSR count). The first kappa shape index (κ1) is 29.6. The van der Waals surface area contributed by atoms with Crippen molar-refractivity contribution in [1.82, 2.24) is 9.88 Å². The summed E-state index contributed by atoms with van der Waals surface area (Å²) in [4.78, 5) is 18.2. The van der Waals surface area contributed by atoms with Crippen LogP contribution in [0.4, 0.5) is 13.2 Å². The average molecular weight is 563 g/mol. The molecule has 0 spiro atoms. The van der Waals surface area contributed by atoms with Gasteiger partial charge in [0.25, 0.3) is 0 Å². The largest absolute Gasteiger partial charge is 0.497 e. The number of pyridine rings is 1. The van der Waals surface area contributed by atoms with Gasteiger partial charge in [0.2, 0.25) is 0 Å². The van der Waals surface area contributed by atoms with Gasteiger partial charge in [0, 0.05) is 35.8 Å². The zero-order valence-electron chi connectivity index (χ0n) is 22.2. The second-order valence-corrected chi connectivity index (χ2v) is 10.3. The number of ether oxygens (including phenoxy) is 2. The summed E-state index contributed by atoms with van der Waals surface area (Å²) < 4.78 is 51.3. The van der Waals surface area contributed by atoms with E-state index in [2.05, 4.69) is 4.98 Å². The van der Waals surface area contributed by atoms with Gasteiger partial charge in [0.05, 0.1) is 31.8 Å². The van der Waals surface area contributed by atoms with Crippen LogP contribution in [0.1, 0.15) is 49.3 Å². The van der Waals surface area contributed by atoms with Gasteiger partial charge in [-0.3, -0.25) is 14.7 Å². The van der Waals surface area contributed by atoms with E-state index in [0.717, 1.165) is 0 Å². The zero-order chi connectivity index (χ0) is 28.9. The molecule has 1 saturated heterocycles. The SMILES string of the molecule is COc1ccc2ncc(CO)c([C@@H](O)CCC3(CC(=O)O)CCN(CCOc4c(F)cc(F)cc4F)CC3)c2c1. The molecule has 216 valence electrons. The van der Waals surface area contributed by atoms with E-state index >= 15 is 0 Å². The lowest BCUT2D eigenvalue weighted by molar-refractivity contribution is -0.141. The summed E-state index contributed by atoms with van der Waals surface area (Å²) >= 11 is 0. The van der Waals surface area contributed by atoms with Crippen LogP contribution in [0.15, 0.2) is 36.5 Å². The molecule has 0 bridgehead atoms. The number of halogens is 3. The molecule has 1 aliphatic rings. The molecule has 40 heavy (non-hydrogen) atoms. The summed E-state index contributed by atoms with van der Waals surface area (Å²) in [6.07, 6.45) is 2.32. The number of nitrogens with zero attached hydrogens (tertiary/aromatic N) is 2. The molecular weight excluding hydrogens is 529 g/mol. The van der Waals surface area contributed by atoms with Gasteiger partial charge in [0.1, 0.15) is 18.2 Å². The second-order valence-electron chi connectivity index (χ2n) is 10.3. The summed E-state index contributed by atoms with van der Waals surface area (Å²) in [6, 6.07) is 6.41. The number of fused-ring (bicyclic) bond motifs is 1. The molecule has 0 unspecified atom stereocenters. The van der Waals surface area contributed by atoms with E-state index < -0.39 is 40.7 Å². The Morgan fingerprint density at radius 2 is 1.85 bits per heavy atom. The number of aromatic nitrogens is 1. The summed E-state index contributed by atoms with van der Waals surface area (Å²) in [5.74, 6) is -4.22. The van der Waals surface area contributed by atoms with Crippen molar-refractivity contribution >= 4 is 16.9 Å². The third kappa shape index (κ3) is 6.83. The number of rotatable bonds is 12. The highest BCUT2D eigenvalue weighted by atomic mass is 19.1. The van der Waals surface area contributed by atoms with Crippen LogP contribution >= 0.6 is 0 Å². The predicted molar refractivity (Wildman–Crippen MR) is 141 cm³/mol. The highest BCUT2D eigenvalue weighted by Crippen LogP contribution is 2.42. The Balaban J connectivity index is 1.41. The van der Waals surface area contributed by atoms with E-state index in [9.17, 15) is 33.3 Å². The number of aliphatic hydroxyl groups is 2. The molecule has 0 saturated carbocycles. The van der Waals surface area contributed by atoms with Gasteiger partial charge < -0.3 is 24.8 Å². The topological polar surface area (TPSA) is 112 Å². The Bertz CT molecular complexity index is 1320. The Labute approximate surface area is 230 Å². The van der Waals surface area contributed by atoms with E-state index in [-0.39, 0.29) is 26.1 Å². The third-order valence-corrected chi connectivity index (χ3v) is 7.71. The van der Waals surface area contributed by atoms with Crippen molar-refractivity contribution in [2.75, 3.05) is 33.4 Å². The van der Waals surface area contributed by atoms with Crippen LogP contribution in [0.5, 0.6) is 11.5 Å². The number of likely N-dealkylation sites (tertiary alicyclic amines) is 1. The Hall–Kier alpha value is -3.41. The first-order valence-electron chi connectivity index (χ1n) is 13.1. The van der Waals surface area contributed by atoms with Gasteiger partial charge in [-0.1, -0.05) is 0 Å². The molecule has 3 aromatic rings. The fourth-order valence-electron chi connectivity index (χ4n) is 5.50. The van der Waals surface area contributed by atoms with Crippen molar-refractivity contribution in [3.05, 3.63) is 65.1 Å².